The van der Waals surface area contributed by atoms with Crippen LogP contribution in [0.15, 0.2) is 0 Å². The zero-order valence-corrected chi connectivity index (χ0v) is 11.2. The van der Waals surface area contributed by atoms with Gasteiger partial charge in [0.1, 0.15) is 0 Å². The zero-order chi connectivity index (χ0) is 15.0. The molecule has 19 heavy (non-hydrogen) atoms. The molecular formula is C11H21FN4O3. The molecule has 0 radical (unpaired) electrons. The third kappa shape index (κ3) is 7.35. The van der Waals surface area contributed by atoms with Gasteiger partial charge in [0.25, 0.3) is 11.8 Å². The molecule has 0 fully saturated rings. The van der Waals surface area contributed by atoms with Gasteiger partial charge in [-0.1, -0.05) is 13.8 Å². The first-order valence-corrected chi connectivity index (χ1v) is 5.98. The summed E-state index contributed by atoms with van der Waals surface area (Å²) >= 11 is 0. The van der Waals surface area contributed by atoms with Gasteiger partial charge in [-0.15, -0.1) is 0 Å². The summed E-state index contributed by atoms with van der Waals surface area (Å²) in [5.74, 6) is -2.00. The number of hydrogen-bond acceptors (Lipinski definition) is 4. The topological polar surface area (TPSA) is 119 Å². The van der Waals surface area contributed by atoms with Gasteiger partial charge < -0.3 is 11.5 Å². The Kier molecular flexibility index (Phi) is 7.66. The number of amides is 3. The lowest BCUT2D eigenvalue weighted by molar-refractivity contribution is -0.143. The predicted octanol–water partition coefficient (Wildman–Crippen LogP) is -0.935. The van der Waals surface area contributed by atoms with E-state index in [1.54, 1.807) is 0 Å². The molecule has 7 nitrogen and oxygen atoms in total. The Hall–Kier alpha value is -1.70. The number of rotatable bonds is 7. The molecule has 0 heterocycles. The second-order valence-electron chi connectivity index (χ2n) is 4.61. The molecule has 0 aromatic carbocycles. The van der Waals surface area contributed by atoms with E-state index in [1.165, 1.54) is 0 Å². The Morgan fingerprint density at radius 1 is 1.32 bits per heavy atom. The van der Waals surface area contributed by atoms with Gasteiger partial charge in [0, 0.05) is 6.42 Å². The number of nitrogens with zero attached hydrogens (tertiary/aromatic N) is 1. The molecule has 0 spiro atoms. The molecule has 0 aromatic rings. The Morgan fingerprint density at radius 2 is 1.89 bits per heavy atom. The van der Waals surface area contributed by atoms with Gasteiger partial charge in [-0.05, 0) is 12.3 Å². The molecule has 3 amide bonds. The Labute approximate surface area is 111 Å². The number of carbonyl (C=O) groups is 3. The van der Waals surface area contributed by atoms with Crippen molar-refractivity contribution in [1.82, 2.24) is 10.4 Å². The van der Waals surface area contributed by atoms with Crippen molar-refractivity contribution in [2.75, 3.05) is 13.2 Å². The third-order valence-corrected chi connectivity index (χ3v) is 2.30. The van der Waals surface area contributed by atoms with E-state index in [4.69, 9.17) is 11.5 Å². The maximum Gasteiger partial charge on any atom is 0.272 e. The first kappa shape index (κ1) is 17.3. The minimum atomic E-state index is -1.28. The number of halogens is 1. The fourth-order valence-electron chi connectivity index (χ4n) is 1.37. The highest BCUT2D eigenvalue weighted by molar-refractivity contribution is 5.86. The van der Waals surface area contributed by atoms with E-state index >= 15 is 0 Å². The normalized spacial score (nSPS) is 12.1. The van der Waals surface area contributed by atoms with Crippen LogP contribution in [0.3, 0.4) is 0 Å². The number of nitrogens with one attached hydrogen (secondary N) is 1. The number of alkyl halides is 1. The first-order valence-electron chi connectivity index (χ1n) is 5.98. The average molecular weight is 276 g/mol. The lowest BCUT2D eigenvalue weighted by atomic mass is 10.0. The summed E-state index contributed by atoms with van der Waals surface area (Å²) in [4.78, 5) is 33.6. The number of primary amides is 1. The molecule has 1 atom stereocenters. The highest BCUT2D eigenvalue weighted by atomic mass is 19.1. The summed E-state index contributed by atoms with van der Waals surface area (Å²) in [5, 5.41) is 0.729. The van der Waals surface area contributed by atoms with Crippen LogP contribution in [-0.2, 0) is 14.4 Å². The first-order chi connectivity index (χ1) is 8.77. The molecule has 0 unspecified atom stereocenters. The summed E-state index contributed by atoms with van der Waals surface area (Å²) in [7, 11) is 0. The van der Waals surface area contributed by atoms with Crippen molar-refractivity contribution in [3.8, 4) is 0 Å². The molecule has 0 bridgehead atoms. The lowest BCUT2D eigenvalue weighted by Crippen LogP contribution is -2.53. The molecule has 0 aliphatic heterocycles. The number of hydrogen-bond donors (Lipinski definition) is 3. The van der Waals surface area contributed by atoms with Crippen molar-refractivity contribution in [3.05, 3.63) is 0 Å². The number of nitrogens with two attached hydrogens (primary N) is 2. The molecule has 8 heteroatoms. The summed E-state index contributed by atoms with van der Waals surface area (Å²) in [5.41, 5.74) is 12.8. The lowest BCUT2D eigenvalue weighted by Gasteiger charge is -2.24. The molecule has 0 aliphatic rings. The van der Waals surface area contributed by atoms with E-state index in [2.05, 4.69) is 5.43 Å². The van der Waals surface area contributed by atoms with Crippen LogP contribution in [0.25, 0.3) is 0 Å². The largest absolute Gasteiger partial charge is 0.370 e. The molecule has 0 rings (SSSR count). The van der Waals surface area contributed by atoms with Crippen LogP contribution < -0.4 is 16.9 Å². The summed E-state index contributed by atoms with van der Waals surface area (Å²) in [6.07, 6.45) is 0.255. The maximum absolute atomic E-state index is 12.3. The SMILES string of the molecule is CC(C)C[C@H](N)C(=O)NN(CCC(N)=O)C(=O)CF. The smallest absolute Gasteiger partial charge is 0.272 e. The Morgan fingerprint density at radius 3 is 2.32 bits per heavy atom. The zero-order valence-electron chi connectivity index (χ0n) is 11.2. The molecule has 5 N–H and O–H groups in total. The molecule has 0 saturated carbocycles. The van der Waals surface area contributed by atoms with Crippen molar-refractivity contribution in [1.29, 1.82) is 0 Å². The van der Waals surface area contributed by atoms with Crippen LogP contribution in [0.2, 0.25) is 0 Å². The fourth-order valence-corrected chi connectivity index (χ4v) is 1.37. The van der Waals surface area contributed by atoms with E-state index in [0.717, 1.165) is 5.01 Å². The van der Waals surface area contributed by atoms with Crippen LogP contribution in [-0.4, -0.2) is 42.0 Å². The van der Waals surface area contributed by atoms with Gasteiger partial charge in [0.05, 0.1) is 12.6 Å². The fraction of sp³-hybridized carbons (Fsp3) is 0.727. The van der Waals surface area contributed by atoms with Gasteiger partial charge in [0.15, 0.2) is 6.67 Å². The van der Waals surface area contributed by atoms with Crippen LogP contribution in [0.4, 0.5) is 4.39 Å². The van der Waals surface area contributed by atoms with E-state index in [0.29, 0.717) is 6.42 Å². The van der Waals surface area contributed by atoms with Crippen LogP contribution in [0.1, 0.15) is 26.7 Å². The predicted molar refractivity (Wildman–Crippen MR) is 67.1 cm³/mol. The van der Waals surface area contributed by atoms with Gasteiger partial charge in [-0.3, -0.25) is 24.8 Å². The Bertz CT molecular complexity index is 336. The van der Waals surface area contributed by atoms with Crippen molar-refractivity contribution in [3.63, 3.8) is 0 Å². The van der Waals surface area contributed by atoms with E-state index in [1.807, 2.05) is 13.8 Å². The van der Waals surface area contributed by atoms with Crippen molar-refractivity contribution >= 4 is 17.7 Å². The van der Waals surface area contributed by atoms with Gasteiger partial charge >= 0.3 is 0 Å². The van der Waals surface area contributed by atoms with Gasteiger partial charge in [-0.2, -0.15) is 0 Å². The van der Waals surface area contributed by atoms with Crippen molar-refractivity contribution < 1.29 is 18.8 Å². The molecule has 0 saturated heterocycles. The summed E-state index contributed by atoms with van der Waals surface area (Å²) in [6, 6.07) is -0.802. The monoisotopic (exact) mass is 276 g/mol. The van der Waals surface area contributed by atoms with E-state index in [-0.39, 0.29) is 18.9 Å². The maximum atomic E-state index is 12.3. The third-order valence-electron chi connectivity index (χ3n) is 2.30. The van der Waals surface area contributed by atoms with Crippen LogP contribution in [0, 0.1) is 5.92 Å². The van der Waals surface area contributed by atoms with Gasteiger partial charge in [-0.25, -0.2) is 4.39 Å². The molecular weight excluding hydrogens is 255 g/mol. The van der Waals surface area contributed by atoms with E-state index in [9.17, 15) is 18.8 Å². The minimum absolute atomic E-state index is 0.175. The van der Waals surface area contributed by atoms with E-state index < -0.39 is 30.4 Å². The van der Waals surface area contributed by atoms with Crippen LogP contribution >= 0.6 is 0 Å². The quantitative estimate of drug-likeness (QED) is 0.520. The molecule has 0 aromatic heterocycles. The van der Waals surface area contributed by atoms with Gasteiger partial charge in [0.2, 0.25) is 5.91 Å². The van der Waals surface area contributed by atoms with Crippen LogP contribution in [0.5, 0.6) is 0 Å². The van der Waals surface area contributed by atoms with Crippen molar-refractivity contribution in [2.45, 2.75) is 32.7 Å². The average Bonchev–Trinajstić information content (AvgIpc) is 2.31. The second kappa shape index (κ2) is 8.41. The summed E-state index contributed by atoms with van der Waals surface area (Å²) < 4.78 is 12.3. The highest BCUT2D eigenvalue weighted by Crippen LogP contribution is 2.03. The second-order valence-corrected chi connectivity index (χ2v) is 4.61. The molecule has 0 aliphatic carbocycles. The molecule has 110 valence electrons. The van der Waals surface area contributed by atoms with Crippen molar-refractivity contribution in [2.24, 2.45) is 17.4 Å². The standard InChI is InChI=1S/C11H21FN4O3/c1-7(2)5-8(13)11(19)15-16(10(18)6-12)4-3-9(14)17/h7-8H,3-6,13H2,1-2H3,(H2,14,17)(H,15,19)/t8-/m0/s1. The number of hydrazine groups is 1. The Balaban J connectivity index is 4.49. The minimum Gasteiger partial charge on any atom is -0.370 e. The summed E-state index contributed by atoms with van der Waals surface area (Å²) in [6.45, 7) is 2.33. The highest BCUT2D eigenvalue weighted by Gasteiger charge is 2.21. The number of carbonyl (C=O) groups excluding carboxylic acids is 3.